The van der Waals surface area contributed by atoms with Crippen LogP contribution >= 0.6 is 0 Å². The van der Waals surface area contributed by atoms with Crippen molar-refractivity contribution >= 4 is 19.2 Å². The molecule has 8 nitrogen and oxygen atoms in total. The van der Waals surface area contributed by atoms with Gasteiger partial charge in [0.15, 0.2) is 6.23 Å². The van der Waals surface area contributed by atoms with Crippen LogP contribution in [0.15, 0.2) is 67.0 Å². The summed E-state index contributed by atoms with van der Waals surface area (Å²) in [5.74, 6) is 0.891. The molecule has 1 aliphatic heterocycles. The van der Waals surface area contributed by atoms with Crippen molar-refractivity contribution < 1.29 is 23.4 Å². The first-order chi connectivity index (χ1) is 21.7. The molecule has 0 aliphatic carbocycles. The Morgan fingerprint density at radius 2 is 1.62 bits per heavy atom. The third-order valence-electron chi connectivity index (χ3n) is 8.74. The van der Waals surface area contributed by atoms with Crippen molar-refractivity contribution in [3.63, 3.8) is 0 Å². The van der Waals surface area contributed by atoms with Crippen molar-refractivity contribution in [1.29, 1.82) is 0 Å². The number of nitrogens with zero attached hydrogens (tertiary/aromatic N) is 3. The van der Waals surface area contributed by atoms with Crippen LogP contribution in [0.3, 0.4) is 0 Å². The van der Waals surface area contributed by atoms with Gasteiger partial charge in [0.05, 0.1) is 45.2 Å². The highest BCUT2D eigenvalue weighted by atomic mass is 28.4. The minimum Gasteiger partial charge on any atom is -0.543 e. The molecule has 9 heteroatoms. The lowest BCUT2D eigenvalue weighted by atomic mass is 10.1. The third-order valence-corrected chi connectivity index (χ3v) is 13.1. The van der Waals surface area contributed by atoms with Crippen LogP contribution in [0.1, 0.15) is 57.4 Å². The topological polar surface area (TPSA) is 76.9 Å². The van der Waals surface area contributed by atoms with E-state index >= 15 is 0 Å². The summed E-state index contributed by atoms with van der Waals surface area (Å²) in [4.78, 5) is 4.58. The maximum atomic E-state index is 6.70. The monoisotopic (exact) mass is 631 g/mol. The van der Waals surface area contributed by atoms with E-state index in [4.69, 9.17) is 28.5 Å². The van der Waals surface area contributed by atoms with Crippen molar-refractivity contribution in [3.05, 3.63) is 78.1 Å². The smallest absolute Gasteiger partial charge is 0.250 e. The predicted molar refractivity (Wildman–Crippen MR) is 181 cm³/mol. The lowest BCUT2D eigenvalue weighted by Gasteiger charge is -2.36. The van der Waals surface area contributed by atoms with Gasteiger partial charge >= 0.3 is 0 Å². The molecular formula is C36H49N3O5Si. The van der Waals surface area contributed by atoms with Crippen LogP contribution in [-0.4, -0.2) is 62.7 Å². The molecule has 1 aliphatic rings. The number of fused-ring (bicyclic) bond motifs is 1. The minimum absolute atomic E-state index is 0.0654. The van der Waals surface area contributed by atoms with E-state index in [0.29, 0.717) is 39.6 Å². The summed E-state index contributed by atoms with van der Waals surface area (Å²) in [5, 5.41) is 6.29. The molecule has 0 N–H and O–H groups in total. The fraction of sp³-hybridized carbons (Fsp3) is 0.500. The van der Waals surface area contributed by atoms with E-state index in [9.17, 15) is 0 Å². The van der Waals surface area contributed by atoms with E-state index in [1.807, 2.05) is 30.6 Å². The number of rotatable bonds is 15. The minimum atomic E-state index is -2.00. The van der Waals surface area contributed by atoms with E-state index in [1.165, 1.54) is 5.56 Å². The molecule has 2 aromatic carbocycles. The average Bonchev–Trinajstić information content (AvgIpc) is 3.41. The first-order valence-corrected chi connectivity index (χ1v) is 19.2. The van der Waals surface area contributed by atoms with Gasteiger partial charge in [-0.2, -0.15) is 5.10 Å². The van der Waals surface area contributed by atoms with Gasteiger partial charge in [-0.1, -0.05) is 51.1 Å². The molecule has 3 heterocycles. The van der Waals surface area contributed by atoms with Gasteiger partial charge < -0.3 is 23.4 Å². The van der Waals surface area contributed by atoms with E-state index < -0.39 is 8.32 Å². The molecule has 0 bridgehead atoms. The summed E-state index contributed by atoms with van der Waals surface area (Å²) in [5.41, 5.74) is 5.21. The van der Waals surface area contributed by atoms with Gasteiger partial charge in [0.2, 0.25) is 8.32 Å². The molecule has 2 aromatic heterocycles. The van der Waals surface area contributed by atoms with Crippen LogP contribution in [-0.2, 0) is 32.0 Å². The maximum Gasteiger partial charge on any atom is 0.250 e. The Hall–Kier alpha value is -3.08. The van der Waals surface area contributed by atoms with Crippen molar-refractivity contribution in [2.24, 2.45) is 0 Å². The molecule has 0 spiro atoms. The lowest BCUT2D eigenvalue weighted by molar-refractivity contribution is -0.0365. The largest absolute Gasteiger partial charge is 0.543 e. The summed E-state index contributed by atoms with van der Waals surface area (Å²) < 4.78 is 32.1. The lowest BCUT2D eigenvalue weighted by Crippen LogP contribution is -2.43. The Balaban J connectivity index is 1.19. The van der Waals surface area contributed by atoms with Crippen LogP contribution in [0.5, 0.6) is 5.75 Å². The summed E-state index contributed by atoms with van der Waals surface area (Å²) in [6, 6.07) is 18.7. The molecule has 242 valence electrons. The molecule has 0 amide bonds. The molecule has 0 saturated carbocycles. The van der Waals surface area contributed by atoms with Crippen molar-refractivity contribution in [2.75, 3.05) is 39.6 Å². The first kappa shape index (κ1) is 33.3. The Bertz CT molecular complexity index is 1500. The highest BCUT2D eigenvalue weighted by Gasteiger charge is 2.39. The molecule has 1 saturated heterocycles. The second kappa shape index (κ2) is 15.5. The Labute approximate surface area is 269 Å². The normalized spacial score (nSPS) is 15.9. The molecule has 1 fully saturated rings. The van der Waals surface area contributed by atoms with Gasteiger partial charge in [-0.15, -0.1) is 0 Å². The Kier molecular flexibility index (Phi) is 11.4. The average molecular weight is 632 g/mol. The van der Waals surface area contributed by atoms with E-state index in [-0.39, 0.29) is 11.3 Å². The van der Waals surface area contributed by atoms with Crippen LogP contribution in [0.25, 0.3) is 22.2 Å². The van der Waals surface area contributed by atoms with Crippen LogP contribution < -0.4 is 4.43 Å². The predicted octanol–water partition coefficient (Wildman–Crippen LogP) is 7.97. The Morgan fingerprint density at radius 3 is 2.36 bits per heavy atom. The van der Waals surface area contributed by atoms with Crippen LogP contribution in [0.2, 0.25) is 18.1 Å². The summed E-state index contributed by atoms with van der Waals surface area (Å²) in [6.45, 7) is 15.5. The van der Waals surface area contributed by atoms with Gasteiger partial charge in [-0.3, -0.25) is 4.98 Å². The zero-order chi connectivity index (χ0) is 31.7. The number of benzene rings is 2. The molecular weight excluding hydrogens is 582 g/mol. The van der Waals surface area contributed by atoms with Crippen molar-refractivity contribution in [2.45, 2.75) is 77.4 Å². The quantitative estimate of drug-likeness (QED) is 0.0973. The third kappa shape index (κ3) is 9.01. The second-order valence-electron chi connectivity index (χ2n) is 13.3. The highest BCUT2D eigenvalue weighted by Crippen LogP contribution is 2.40. The maximum absolute atomic E-state index is 6.70. The second-order valence-corrected chi connectivity index (χ2v) is 18.0. The van der Waals surface area contributed by atoms with Crippen molar-refractivity contribution in [3.8, 4) is 17.0 Å². The zero-order valence-corrected chi connectivity index (χ0v) is 28.6. The van der Waals surface area contributed by atoms with E-state index in [0.717, 1.165) is 65.8 Å². The van der Waals surface area contributed by atoms with Gasteiger partial charge in [0, 0.05) is 30.0 Å². The standard InChI is InChI=1S/C36H49N3O5Si/c1-36(2,3)45(4,5)44-31-14-15-33-32(24-31)35(38-39(33)34-13-9-10-17-43-34)30-23-29(25-37-26-30)16-18-40-19-20-41-21-22-42-27-28-11-7-6-8-12-28/h6-8,11-12,14-15,23-26,34H,9-10,13,16-22,27H2,1-5H3. The number of hydrogen-bond acceptors (Lipinski definition) is 7. The van der Waals surface area contributed by atoms with Crippen LogP contribution in [0.4, 0.5) is 0 Å². The van der Waals surface area contributed by atoms with Crippen molar-refractivity contribution in [1.82, 2.24) is 14.8 Å². The summed E-state index contributed by atoms with van der Waals surface area (Å²) >= 11 is 0. The van der Waals surface area contributed by atoms with Gasteiger partial charge in [0.25, 0.3) is 0 Å². The fourth-order valence-electron chi connectivity index (χ4n) is 5.13. The SMILES string of the molecule is CC(C)(C)[Si](C)(C)Oc1ccc2c(c1)c(-c1cncc(CCOCCOCCOCc3ccccc3)c1)nn2C1CCCCO1. The molecule has 45 heavy (non-hydrogen) atoms. The first-order valence-electron chi connectivity index (χ1n) is 16.3. The number of pyridine rings is 1. The van der Waals surface area contributed by atoms with Gasteiger partial charge in [0.1, 0.15) is 11.4 Å². The molecule has 1 atom stereocenters. The molecule has 4 aromatic rings. The number of hydrogen-bond donors (Lipinski definition) is 0. The van der Waals surface area contributed by atoms with Gasteiger partial charge in [-0.25, -0.2) is 4.68 Å². The van der Waals surface area contributed by atoms with Gasteiger partial charge in [-0.05, 0) is 79.2 Å². The van der Waals surface area contributed by atoms with E-state index in [2.05, 4.69) is 79.9 Å². The van der Waals surface area contributed by atoms with Crippen LogP contribution in [0, 0.1) is 0 Å². The summed E-state index contributed by atoms with van der Waals surface area (Å²) in [7, 11) is -2.00. The Morgan fingerprint density at radius 1 is 0.867 bits per heavy atom. The molecule has 0 radical (unpaired) electrons. The molecule has 1 unspecified atom stereocenters. The number of ether oxygens (including phenoxy) is 4. The van der Waals surface area contributed by atoms with E-state index in [1.54, 1.807) is 0 Å². The zero-order valence-electron chi connectivity index (χ0n) is 27.6. The fourth-order valence-corrected chi connectivity index (χ4v) is 6.15. The summed E-state index contributed by atoms with van der Waals surface area (Å²) in [6.07, 6.45) is 7.68. The highest BCUT2D eigenvalue weighted by molar-refractivity contribution is 6.74. The molecule has 5 rings (SSSR count). The number of aromatic nitrogens is 3.